The Morgan fingerprint density at radius 2 is 2.33 bits per heavy atom. The van der Waals surface area contributed by atoms with Crippen molar-refractivity contribution in [1.29, 1.82) is 5.26 Å². The second kappa shape index (κ2) is 4.28. The van der Waals surface area contributed by atoms with E-state index in [4.69, 9.17) is 11.0 Å². The van der Waals surface area contributed by atoms with E-state index in [0.29, 0.717) is 5.56 Å². The van der Waals surface area contributed by atoms with Crippen molar-refractivity contribution in [3.8, 4) is 6.07 Å². The summed E-state index contributed by atoms with van der Waals surface area (Å²) in [7, 11) is 0. The van der Waals surface area contributed by atoms with Crippen molar-refractivity contribution >= 4 is 5.69 Å². The molecule has 2 heterocycles. The van der Waals surface area contributed by atoms with Gasteiger partial charge in [-0.05, 0) is 25.3 Å². The maximum Gasteiger partial charge on any atom is 0.101 e. The number of nitrogens with two attached hydrogens (primary N) is 1. The summed E-state index contributed by atoms with van der Waals surface area (Å²) in [6.07, 6.45) is 6.75. The van der Waals surface area contributed by atoms with E-state index in [1.807, 2.05) is 6.07 Å². The lowest BCUT2D eigenvalue weighted by atomic mass is 10.1. The predicted octanol–water partition coefficient (Wildman–Crippen LogP) is 1.23. The van der Waals surface area contributed by atoms with E-state index in [-0.39, 0.29) is 6.17 Å². The molecule has 4 nitrogen and oxygen atoms in total. The van der Waals surface area contributed by atoms with Crippen molar-refractivity contribution < 1.29 is 0 Å². The van der Waals surface area contributed by atoms with Gasteiger partial charge in [-0.15, -0.1) is 0 Å². The fourth-order valence-electron chi connectivity index (χ4n) is 1.92. The first-order valence-corrected chi connectivity index (χ1v) is 5.18. The van der Waals surface area contributed by atoms with Crippen molar-refractivity contribution in [3.63, 3.8) is 0 Å². The van der Waals surface area contributed by atoms with E-state index in [1.54, 1.807) is 12.4 Å². The van der Waals surface area contributed by atoms with E-state index in [1.165, 1.54) is 6.42 Å². The Morgan fingerprint density at radius 1 is 1.47 bits per heavy atom. The molecule has 0 aromatic carbocycles. The smallest absolute Gasteiger partial charge is 0.101 e. The Hall–Kier alpha value is -1.60. The first-order chi connectivity index (χ1) is 7.31. The number of hydrogen-bond acceptors (Lipinski definition) is 4. The lowest BCUT2D eigenvalue weighted by Crippen LogP contribution is -2.45. The zero-order valence-electron chi connectivity index (χ0n) is 8.56. The molecule has 2 N–H and O–H groups in total. The Kier molecular flexibility index (Phi) is 2.84. The minimum Gasteiger partial charge on any atom is -0.355 e. The van der Waals surface area contributed by atoms with Crippen LogP contribution in [0.25, 0.3) is 0 Å². The number of anilines is 1. The molecule has 1 saturated heterocycles. The van der Waals surface area contributed by atoms with Gasteiger partial charge in [0.1, 0.15) is 6.07 Å². The van der Waals surface area contributed by atoms with Crippen molar-refractivity contribution in [2.75, 3.05) is 11.4 Å². The van der Waals surface area contributed by atoms with Gasteiger partial charge in [0, 0.05) is 12.7 Å². The molecular formula is C11H14N4. The highest BCUT2D eigenvalue weighted by Crippen LogP contribution is 2.22. The van der Waals surface area contributed by atoms with Crippen LogP contribution in [0.2, 0.25) is 0 Å². The average molecular weight is 202 g/mol. The lowest BCUT2D eigenvalue weighted by Gasteiger charge is -2.34. The number of rotatable bonds is 1. The second-order valence-electron chi connectivity index (χ2n) is 3.80. The van der Waals surface area contributed by atoms with Crippen molar-refractivity contribution in [2.24, 2.45) is 5.73 Å². The molecule has 1 aromatic heterocycles. The van der Waals surface area contributed by atoms with Crippen LogP contribution in [0, 0.1) is 11.3 Å². The van der Waals surface area contributed by atoms with Crippen molar-refractivity contribution in [2.45, 2.75) is 25.4 Å². The number of pyridine rings is 1. The van der Waals surface area contributed by atoms with Gasteiger partial charge in [-0.25, -0.2) is 0 Å². The average Bonchev–Trinajstić information content (AvgIpc) is 2.30. The van der Waals surface area contributed by atoms with Gasteiger partial charge in [0.25, 0.3) is 0 Å². The van der Waals surface area contributed by atoms with Crippen LogP contribution in [0.1, 0.15) is 24.8 Å². The van der Waals surface area contributed by atoms with E-state index in [2.05, 4.69) is 16.0 Å². The zero-order chi connectivity index (χ0) is 10.7. The monoisotopic (exact) mass is 202 g/mol. The summed E-state index contributed by atoms with van der Waals surface area (Å²) in [4.78, 5) is 6.17. The van der Waals surface area contributed by atoms with E-state index < -0.39 is 0 Å². The Bertz CT molecular complexity index is 382. The highest BCUT2D eigenvalue weighted by molar-refractivity contribution is 5.49. The molecule has 1 aliphatic heterocycles. The molecule has 0 amide bonds. The molecule has 0 bridgehead atoms. The molecule has 0 spiro atoms. The molecule has 0 radical (unpaired) electrons. The summed E-state index contributed by atoms with van der Waals surface area (Å²) >= 11 is 0. The van der Waals surface area contributed by atoms with Gasteiger partial charge < -0.3 is 10.6 Å². The normalized spacial score (nSPS) is 21.1. The van der Waals surface area contributed by atoms with Gasteiger partial charge in [0.2, 0.25) is 0 Å². The minimum absolute atomic E-state index is 0.0643. The summed E-state index contributed by atoms with van der Waals surface area (Å²) in [6, 6.07) is 3.94. The number of nitriles is 1. The first-order valence-electron chi connectivity index (χ1n) is 5.18. The molecule has 1 fully saturated rings. The van der Waals surface area contributed by atoms with Crippen LogP contribution in [0.3, 0.4) is 0 Å². The predicted molar refractivity (Wildman–Crippen MR) is 58.1 cm³/mol. The topological polar surface area (TPSA) is 65.9 Å². The lowest BCUT2D eigenvalue weighted by molar-refractivity contribution is 0.470. The zero-order valence-corrected chi connectivity index (χ0v) is 8.56. The van der Waals surface area contributed by atoms with Crippen molar-refractivity contribution in [1.82, 2.24) is 4.98 Å². The minimum atomic E-state index is 0.0643. The van der Waals surface area contributed by atoms with Crippen LogP contribution < -0.4 is 10.6 Å². The molecule has 1 aliphatic rings. The molecule has 0 saturated carbocycles. The van der Waals surface area contributed by atoms with E-state index in [0.717, 1.165) is 25.1 Å². The summed E-state index contributed by atoms with van der Waals surface area (Å²) in [5, 5.41) is 8.79. The SMILES string of the molecule is N#Cc1cncc(N2CCCCC2N)c1. The van der Waals surface area contributed by atoms with Crippen molar-refractivity contribution in [3.05, 3.63) is 24.0 Å². The van der Waals surface area contributed by atoms with E-state index in [9.17, 15) is 0 Å². The van der Waals surface area contributed by atoms with Gasteiger partial charge in [0.05, 0.1) is 23.6 Å². The summed E-state index contributed by atoms with van der Waals surface area (Å²) in [6.45, 7) is 0.956. The van der Waals surface area contributed by atoms with Crippen LogP contribution in [0.5, 0.6) is 0 Å². The standard InChI is InChI=1S/C11H14N4/c12-6-9-5-10(8-14-7-9)15-4-2-1-3-11(15)13/h5,7-8,11H,1-4,13H2. The molecular weight excluding hydrogens is 188 g/mol. The third-order valence-electron chi connectivity index (χ3n) is 2.73. The molecule has 1 atom stereocenters. The molecule has 1 unspecified atom stereocenters. The van der Waals surface area contributed by atoms with Crippen LogP contribution in [0.4, 0.5) is 5.69 Å². The number of piperidine rings is 1. The summed E-state index contributed by atoms with van der Waals surface area (Å²) in [5.41, 5.74) is 7.57. The van der Waals surface area contributed by atoms with E-state index >= 15 is 0 Å². The Labute approximate surface area is 89.3 Å². The van der Waals surface area contributed by atoms with Crippen LogP contribution in [0.15, 0.2) is 18.5 Å². The molecule has 2 rings (SSSR count). The quantitative estimate of drug-likeness (QED) is 0.743. The Morgan fingerprint density at radius 3 is 3.07 bits per heavy atom. The largest absolute Gasteiger partial charge is 0.355 e. The second-order valence-corrected chi connectivity index (χ2v) is 3.80. The summed E-state index contributed by atoms with van der Waals surface area (Å²) < 4.78 is 0. The number of aromatic nitrogens is 1. The van der Waals surface area contributed by atoms with Gasteiger partial charge in [-0.1, -0.05) is 0 Å². The molecule has 15 heavy (non-hydrogen) atoms. The highest BCUT2D eigenvalue weighted by Gasteiger charge is 2.19. The molecule has 78 valence electrons. The molecule has 0 aliphatic carbocycles. The van der Waals surface area contributed by atoms with Gasteiger partial charge >= 0.3 is 0 Å². The molecule has 4 heteroatoms. The fraction of sp³-hybridized carbons (Fsp3) is 0.455. The Balaban J connectivity index is 2.24. The molecule has 1 aromatic rings. The number of hydrogen-bond donors (Lipinski definition) is 1. The van der Waals surface area contributed by atoms with Crippen LogP contribution in [-0.4, -0.2) is 17.7 Å². The maximum absolute atomic E-state index is 8.79. The van der Waals surface area contributed by atoms with Gasteiger partial charge in [0.15, 0.2) is 0 Å². The van der Waals surface area contributed by atoms with Gasteiger partial charge in [-0.3, -0.25) is 4.98 Å². The third-order valence-corrected chi connectivity index (χ3v) is 2.73. The van der Waals surface area contributed by atoms with Crippen LogP contribution in [-0.2, 0) is 0 Å². The van der Waals surface area contributed by atoms with Gasteiger partial charge in [-0.2, -0.15) is 5.26 Å². The maximum atomic E-state index is 8.79. The van der Waals surface area contributed by atoms with Crippen LogP contribution >= 0.6 is 0 Å². The number of nitrogens with zero attached hydrogens (tertiary/aromatic N) is 3. The first kappa shape index (κ1) is 9.94. The third kappa shape index (κ3) is 2.08. The summed E-state index contributed by atoms with van der Waals surface area (Å²) in [5.74, 6) is 0. The highest BCUT2D eigenvalue weighted by atomic mass is 15.2. The fourth-order valence-corrected chi connectivity index (χ4v) is 1.92.